The molecule has 0 radical (unpaired) electrons. The van der Waals surface area contributed by atoms with E-state index < -0.39 is 17.5 Å². The summed E-state index contributed by atoms with van der Waals surface area (Å²) in [4.78, 5) is 36.9. The molecular formula is C18H28N4O4. The number of aliphatic hydroxyl groups excluding tert-OH is 1. The van der Waals surface area contributed by atoms with E-state index >= 15 is 0 Å². The Hall–Kier alpha value is -1.67. The van der Waals surface area contributed by atoms with Crippen molar-refractivity contribution in [1.29, 1.82) is 0 Å². The lowest BCUT2D eigenvalue weighted by atomic mass is 9.76. The summed E-state index contributed by atoms with van der Waals surface area (Å²) >= 11 is 0. The van der Waals surface area contributed by atoms with Crippen molar-refractivity contribution in [3.63, 3.8) is 0 Å². The molecule has 8 nitrogen and oxygen atoms in total. The van der Waals surface area contributed by atoms with Crippen LogP contribution in [0.15, 0.2) is 0 Å². The van der Waals surface area contributed by atoms with Gasteiger partial charge in [0.1, 0.15) is 5.54 Å². The minimum Gasteiger partial charge on any atom is -0.393 e. The average Bonchev–Trinajstić information content (AvgIpc) is 3.30. The Morgan fingerprint density at radius 2 is 2.12 bits per heavy atom. The minimum atomic E-state index is -1.26. The van der Waals surface area contributed by atoms with E-state index in [9.17, 15) is 19.5 Å². The normalized spacial score (nSPS) is 43.0. The van der Waals surface area contributed by atoms with E-state index in [0.717, 1.165) is 19.4 Å². The van der Waals surface area contributed by atoms with Gasteiger partial charge in [0, 0.05) is 12.5 Å². The molecule has 0 aromatic rings. The average molecular weight is 364 g/mol. The number of nitrogens with two attached hydrogens (primary N) is 1. The van der Waals surface area contributed by atoms with Crippen molar-refractivity contribution in [3.05, 3.63) is 0 Å². The molecule has 8 atom stereocenters. The molecule has 2 saturated heterocycles. The molecular weight excluding hydrogens is 336 g/mol. The van der Waals surface area contributed by atoms with Gasteiger partial charge in [-0.3, -0.25) is 14.4 Å². The maximum Gasteiger partial charge on any atom is 0.242 e. The molecule has 2 aliphatic heterocycles. The summed E-state index contributed by atoms with van der Waals surface area (Å²) < 4.78 is 0. The van der Waals surface area contributed by atoms with Crippen LogP contribution in [0.2, 0.25) is 0 Å². The number of carbonyl (C=O) groups excluding carboxylic acids is 3. The zero-order valence-corrected chi connectivity index (χ0v) is 15.0. The lowest BCUT2D eigenvalue weighted by molar-refractivity contribution is -0.134. The Labute approximate surface area is 152 Å². The van der Waals surface area contributed by atoms with E-state index in [1.165, 1.54) is 0 Å². The fraction of sp³-hybridized carbons (Fsp3) is 0.833. The van der Waals surface area contributed by atoms with Gasteiger partial charge in [0.25, 0.3) is 0 Å². The Bertz CT molecular complexity index is 641. The van der Waals surface area contributed by atoms with Crippen molar-refractivity contribution in [1.82, 2.24) is 16.0 Å². The molecule has 4 aliphatic rings. The Morgan fingerprint density at radius 1 is 1.35 bits per heavy atom. The highest BCUT2D eigenvalue weighted by Gasteiger charge is 2.59. The molecule has 2 bridgehead atoms. The minimum absolute atomic E-state index is 0.0954. The third-order valence-corrected chi connectivity index (χ3v) is 7.21. The zero-order valence-electron chi connectivity index (χ0n) is 15.0. The number of primary amides is 1. The summed E-state index contributed by atoms with van der Waals surface area (Å²) in [5.41, 5.74) is 4.32. The molecule has 4 rings (SSSR count). The molecule has 3 amide bonds. The summed E-state index contributed by atoms with van der Waals surface area (Å²) in [5.74, 6) is -0.144. The van der Waals surface area contributed by atoms with Crippen LogP contribution < -0.4 is 21.7 Å². The summed E-state index contributed by atoms with van der Waals surface area (Å²) in [5, 5.41) is 19.1. The quantitative estimate of drug-likeness (QED) is 0.404. The Balaban J connectivity index is 1.47. The number of aliphatic hydroxyl groups is 1. The van der Waals surface area contributed by atoms with Crippen LogP contribution in [0.5, 0.6) is 0 Å². The van der Waals surface area contributed by atoms with E-state index in [1.54, 1.807) is 6.92 Å². The highest BCUT2D eigenvalue weighted by molar-refractivity contribution is 5.93. The lowest BCUT2D eigenvalue weighted by Crippen LogP contribution is -2.60. The maximum atomic E-state index is 13.0. The van der Waals surface area contributed by atoms with Gasteiger partial charge in [0.2, 0.25) is 17.7 Å². The Morgan fingerprint density at radius 3 is 2.77 bits per heavy atom. The van der Waals surface area contributed by atoms with Crippen LogP contribution >= 0.6 is 0 Å². The molecule has 8 heteroatoms. The fourth-order valence-corrected chi connectivity index (χ4v) is 5.84. The number of hydrogen-bond acceptors (Lipinski definition) is 5. The van der Waals surface area contributed by atoms with Crippen LogP contribution in [0.3, 0.4) is 0 Å². The third-order valence-electron chi connectivity index (χ3n) is 7.21. The Kier molecular flexibility index (Phi) is 4.23. The van der Waals surface area contributed by atoms with Crippen molar-refractivity contribution in [2.45, 2.75) is 50.3 Å². The molecule has 4 fully saturated rings. The first-order chi connectivity index (χ1) is 12.3. The smallest absolute Gasteiger partial charge is 0.242 e. The number of carbonyl (C=O) groups is 3. The third kappa shape index (κ3) is 2.70. The molecule has 0 aromatic heterocycles. The van der Waals surface area contributed by atoms with Gasteiger partial charge in [-0.2, -0.15) is 0 Å². The van der Waals surface area contributed by atoms with Crippen LogP contribution in [0.4, 0.5) is 0 Å². The largest absolute Gasteiger partial charge is 0.393 e. The first kappa shape index (κ1) is 17.7. The van der Waals surface area contributed by atoms with Gasteiger partial charge in [0.05, 0.1) is 12.1 Å². The van der Waals surface area contributed by atoms with E-state index in [1.807, 2.05) is 0 Å². The second-order valence-electron chi connectivity index (χ2n) is 8.76. The van der Waals surface area contributed by atoms with E-state index in [2.05, 4.69) is 16.0 Å². The fourth-order valence-electron chi connectivity index (χ4n) is 5.84. The van der Waals surface area contributed by atoms with Gasteiger partial charge in [-0.15, -0.1) is 0 Å². The summed E-state index contributed by atoms with van der Waals surface area (Å²) in [6.45, 7) is 2.96. The number of amides is 3. The van der Waals surface area contributed by atoms with Crippen molar-refractivity contribution >= 4 is 17.7 Å². The standard InChI is InChI=1S/C18H28N4O4/c1-18(17(19)26,6-8-2-3-20-15(8)24)22-16(25)14-13-10-4-9(5-12(10)23)11(13)7-21-14/h8-14,21,23H,2-7H2,1H3,(H2,19,26)(H,20,24)(H,22,25)/t8-,9-,10+,11+,12+,13-,14-,18-/m0/s1. The highest BCUT2D eigenvalue weighted by atomic mass is 16.3. The molecule has 0 spiro atoms. The van der Waals surface area contributed by atoms with Crippen LogP contribution in [0, 0.1) is 29.6 Å². The molecule has 6 N–H and O–H groups in total. The molecule has 144 valence electrons. The lowest BCUT2D eigenvalue weighted by Gasteiger charge is -2.34. The second kappa shape index (κ2) is 6.20. The first-order valence-electron chi connectivity index (χ1n) is 9.61. The predicted molar refractivity (Wildman–Crippen MR) is 92.5 cm³/mol. The second-order valence-corrected chi connectivity index (χ2v) is 8.76. The maximum absolute atomic E-state index is 13.0. The summed E-state index contributed by atoms with van der Waals surface area (Å²) in [6.07, 6.45) is 2.32. The van der Waals surface area contributed by atoms with Gasteiger partial charge in [-0.1, -0.05) is 0 Å². The first-order valence-corrected chi connectivity index (χ1v) is 9.61. The number of hydrogen-bond donors (Lipinski definition) is 5. The number of fused-ring (bicyclic) bond motifs is 5. The van der Waals surface area contributed by atoms with Crippen molar-refractivity contribution in [2.24, 2.45) is 35.3 Å². The van der Waals surface area contributed by atoms with Gasteiger partial charge in [-0.25, -0.2) is 0 Å². The van der Waals surface area contributed by atoms with E-state index in [0.29, 0.717) is 24.8 Å². The highest BCUT2D eigenvalue weighted by Crippen LogP contribution is 2.55. The SMILES string of the molecule is C[C@@](C[C@@H]1CCNC1=O)(NC(=O)[C@H]1NC[C@@H]2[C@H]3C[C@@H]([C@@H]21)[C@H](O)C3)C(N)=O. The van der Waals surface area contributed by atoms with Gasteiger partial charge >= 0.3 is 0 Å². The van der Waals surface area contributed by atoms with Crippen LogP contribution in [0.25, 0.3) is 0 Å². The molecule has 2 aliphatic carbocycles. The van der Waals surface area contributed by atoms with Crippen LogP contribution in [0.1, 0.15) is 32.6 Å². The summed E-state index contributed by atoms with van der Waals surface area (Å²) in [7, 11) is 0. The summed E-state index contributed by atoms with van der Waals surface area (Å²) in [6, 6.07) is -0.416. The molecule has 2 saturated carbocycles. The molecule has 2 heterocycles. The van der Waals surface area contributed by atoms with Crippen molar-refractivity contribution in [3.8, 4) is 0 Å². The molecule has 26 heavy (non-hydrogen) atoms. The van der Waals surface area contributed by atoms with Gasteiger partial charge in [-0.05, 0) is 62.8 Å². The zero-order chi connectivity index (χ0) is 18.6. The van der Waals surface area contributed by atoms with Gasteiger partial charge < -0.3 is 26.8 Å². The van der Waals surface area contributed by atoms with Crippen molar-refractivity contribution in [2.75, 3.05) is 13.1 Å². The van der Waals surface area contributed by atoms with E-state index in [4.69, 9.17) is 5.73 Å². The van der Waals surface area contributed by atoms with Crippen LogP contribution in [-0.4, -0.2) is 53.6 Å². The molecule has 0 aromatic carbocycles. The molecule has 0 unspecified atom stereocenters. The predicted octanol–water partition coefficient (Wildman–Crippen LogP) is -1.52. The van der Waals surface area contributed by atoms with Gasteiger partial charge in [0.15, 0.2) is 0 Å². The number of nitrogens with one attached hydrogen (secondary N) is 3. The topological polar surface area (TPSA) is 134 Å². The van der Waals surface area contributed by atoms with Crippen molar-refractivity contribution < 1.29 is 19.5 Å². The van der Waals surface area contributed by atoms with Crippen LogP contribution in [-0.2, 0) is 14.4 Å². The number of rotatable bonds is 5. The monoisotopic (exact) mass is 364 g/mol. The van der Waals surface area contributed by atoms with E-state index in [-0.39, 0.29) is 42.1 Å².